The standard InChI is InChI=1S/C15H21NO/c1-17-15-9-8-12(14-7-4-10-16-14)11-5-2-3-6-13(11)15/h8-9,14,16H,2-7,10H2,1H3. The average Bonchev–Trinajstić information content (AvgIpc) is 2.91. The van der Waals surface area contributed by atoms with Gasteiger partial charge in [-0.05, 0) is 67.8 Å². The third kappa shape index (κ3) is 1.95. The zero-order valence-corrected chi connectivity index (χ0v) is 10.6. The first-order valence-corrected chi connectivity index (χ1v) is 6.82. The molecule has 0 saturated carbocycles. The second-order valence-electron chi connectivity index (χ2n) is 5.17. The van der Waals surface area contributed by atoms with Crippen LogP contribution in [-0.2, 0) is 12.8 Å². The van der Waals surface area contributed by atoms with Gasteiger partial charge >= 0.3 is 0 Å². The SMILES string of the molecule is COc1ccc(C2CCCN2)c2c1CCCC2. The first kappa shape index (κ1) is 11.1. The van der Waals surface area contributed by atoms with Gasteiger partial charge < -0.3 is 10.1 Å². The first-order valence-electron chi connectivity index (χ1n) is 6.82. The van der Waals surface area contributed by atoms with E-state index >= 15 is 0 Å². The molecule has 0 aromatic heterocycles. The van der Waals surface area contributed by atoms with Crippen molar-refractivity contribution >= 4 is 0 Å². The Labute approximate surface area is 103 Å². The van der Waals surface area contributed by atoms with Crippen molar-refractivity contribution in [2.45, 2.75) is 44.6 Å². The molecule has 1 aliphatic carbocycles. The molecule has 0 bridgehead atoms. The van der Waals surface area contributed by atoms with Gasteiger partial charge in [0.2, 0.25) is 0 Å². The van der Waals surface area contributed by atoms with Crippen LogP contribution >= 0.6 is 0 Å². The Hall–Kier alpha value is -1.02. The minimum atomic E-state index is 0.591. The van der Waals surface area contributed by atoms with Crippen molar-refractivity contribution in [3.8, 4) is 5.75 Å². The molecule has 1 saturated heterocycles. The van der Waals surface area contributed by atoms with Gasteiger partial charge in [0.1, 0.15) is 5.75 Å². The summed E-state index contributed by atoms with van der Waals surface area (Å²) in [5, 5.41) is 3.62. The molecule has 1 unspecified atom stereocenters. The lowest BCUT2D eigenvalue weighted by molar-refractivity contribution is 0.405. The van der Waals surface area contributed by atoms with E-state index in [9.17, 15) is 0 Å². The van der Waals surface area contributed by atoms with Crippen LogP contribution in [0.5, 0.6) is 5.75 Å². The zero-order valence-electron chi connectivity index (χ0n) is 10.6. The fourth-order valence-corrected chi connectivity index (χ4v) is 3.33. The summed E-state index contributed by atoms with van der Waals surface area (Å²) in [7, 11) is 1.79. The summed E-state index contributed by atoms with van der Waals surface area (Å²) in [6, 6.07) is 5.04. The third-order valence-electron chi connectivity index (χ3n) is 4.18. The summed E-state index contributed by atoms with van der Waals surface area (Å²) in [6.07, 6.45) is 7.67. The Bertz CT molecular complexity index is 408. The van der Waals surface area contributed by atoms with Crippen molar-refractivity contribution in [3.63, 3.8) is 0 Å². The second-order valence-corrected chi connectivity index (χ2v) is 5.17. The minimum Gasteiger partial charge on any atom is -0.496 e. The third-order valence-corrected chi connectivity index (χ3v) is 4.18. The van der Waals surface area contributed by atoms with Crippen LogP contribution in [0.25, 0.3) is 0 Å². The Morgan fingerprint density at radius 3 is 2.65 bits per heavy atom. The number of rotatable bonds is 2. The van der Waals surface area contributed by atoms with Crippen LogP contribution < -0.4 is 10.1 Å². The summed E-state index contributed by atoms with van der Waals surface area (Å²) in [5.74, 6) is 1.10. The van der Waals surface area contributed by atoms with E-state index in [4.69, 9.17) is 4.74 Å². The maximum Gasteiger partial charge on any atom is 0.122 e. The largest absolute Gasteiger partial charge is 0.496 e. The van der Waals surface area contributed by atoms with Gasteiger partial charge in [0.05, 0.1) is 7.11 Å². The van der Waals surface area contributed by atoms with Gasteiger partial charge in [0.15, 0.2) is 0 Å². The van der Waals surface area contributed by atoms with E-state index in [0.717, 1.165) is 5.75 Å². The van der Waals surface area contributed by atoms with Crippen LogP contribution in [0, 0.1) is 0 Å². The highest BCUT2D eigenvalue weighted by molar-refractivity contribution is 5.47. The summed E-state index contributed by atoms with van der Waals surface area (Å²) in [5.41, 5.74) is 4.60. The number of benzene rings is 1. The molecular formula is C15H21NO. The molecule has 3 rings (SSSR count). The smallest absolute Gasteiger partial charge is 0.122 e. The molecule has 0 amide bonds. The van der Waals surface area contributed by atoms with E-state index in [1.165, 1.54) is 56.2 Å². The van der Waals surface area contributed by atoms with E-state index in [0.29, 0.717) is 6.04 Å². The molecule has 0 radical (unpaired) electrons. The monoisotopic (exact) mass is 231 g/mol. The van der Waals surface area contributed by atoms with Crippen molar-refractivity contribution in [1.29, 1.82) is 0 Å². The summed E-state index contributed by atoms with van der Waals surface area (Å²) >= 11 is 0. The summed E-state index contributed by atoms with van der Waals surface area (Å²) in [4.78, 5) is 0. The van der Waals surface area contributed by atoms with Crippen molar-refractivity contribution in [2.24, 2.45) is 0 Å². The Balaban J connectivity index is 2.03. The number of hydrogen-bond acceptors (Lipinski definition) is 2. The lowest BCUT2D eigenvalue weighted by Gasteiger charge is -2.24. The lowest BCUT2D eigenvalue weighted by Crippen LogP contribution is -2.17. The number of nitrogens with one attached hydrogen (secondary N) is 1. The van der Waals surface area contributed by atoms with Gasteiger partial charge in [-0.3, -0.25) is 0 Å². The highest BCUT2D eigenvalue weighted by Gasteiger charge is 2.24. The zero-order chi connectivity index (χ0) is 11.7. The summed E-state index contributed by atoms with van der Waals surface area (Å²) < 4.78 is 5.51. The number of methoxy groups -OCH3 is 1. The van der Waals surface area contributed by atoms with Crippen molar-refractivity contribution in [3.05, 3.63) is 28.8 Å². The number of fused-ring (bicyclic) bond motifs is 1. The maximum absolute atomic E-state index is 5.51. The molecule has 2 aliphatic rings. The van der Waals surface area contributed by atoms with Gasteiger partial charge in [-0.15, -0.1) is 0 Å². The van der Waals surface area contributed by atoms with Crippen LogP contribution in [0.15, 0.2) is 12.1 Å². The maximum atomic E-state index is 5.51. The predicted octanol–water partition coefficient (Wildman–Crippen LogP) is 3.00. The van der Waals surface area contributed by atoms with Crippen LogP contribution in [0.3, 0.4) is 0 Å². The normalized spacial score (nSPS) is 23.5. The van der Waals surface area contributed by atoms with Crippen LogP contribution in [-0.4, -0.2) is 13.7 Å². The Morgan fingerprint density at radius 2 is 1.94 bits per heavy atom. The highest BCUT2D eigenvalue weighted by atomic mass is 16.5. The van der Waals surface area contributed by atoms with Crippen molar-refractivity contribution < 1.29 is 4.74 Å². The van der Waals surface area contributed by atoms with Crippen LogP contribution in [0.4, 0.5) is 0 Å². The van der Waals surface area contributed by atoms with Gasteiger partial charge in [-0.2, -0.15) is 0 Å². The second kappa shape index (κ2) is 4.69. The van der Waals surface area contributed by atoms with Gasteiger partial charge in [0.25, 0.3) is 0 Å². The fourth-order valence-electron chi connectivity index (χ4n) is 3.33. The molecule has 0 spiro atoms. The van der Waals surface area contributed by atoms with E-state index in [1.807, 2.05) is 0 Å². The van der Waals surface area contributed by atoms with E-state index < -0.39 is 0 Å². The first-order chi connectivity index (χ1) is 8.40. The van der Waals surface area contributed by atoms with Gasteiger partial charge in [-0.1, -0.05) is 6.07 Å². The van der Waals surface area contributed by atoms with Gasteiger partial charge in [-0.25, -0.2) is 0 Å². The van der Waals surface area contributed by atoms with E-state index in [1.54, 1.807) is 12.7 Å². The molecule has 1 atom stereocenters. The number of ether oxygens (including phenoxy) is 1. The topological polar surface area (TPSA) is 21.3 Å². The van der Waals surface area contributed by atoms with Crippen LogP contribution in [0.2, 0.25) is 0 Å². The van der Waals surface area contributed by atoms with E-state index in [2.05, 4.69) is 17.4 Å². The molecule has 2 heteroatoms. The summed E-state index contributed by atoms with van der Waals surface area (Å²) in [6.45, 7) is 1.17. The number of hydrogen-bond donors (Lipinski definition) is 1. The average molecular weight is 231 g/mol. The fraction of sp³-hybridized carbons (Fsp3) is 0.600. The Kier molecular flexibility index (Phi) is 3.06. The highest BCUT2D eigenvalue weighted by Crippen LogP contribution is 2.36. The van der Waals surface area contributed by atoms with Crippen LogP contribution in [0.1, 0.15) is 48.4 Å². The quantitative estimate of drug-likeness (QED) is 0.845. The predicted molar refractivity (Wildman–Crippen MR) is 69.6 cm³/mol. The van der Waals surface area contributed by atoms with Crippen molar-refractivity contribution in [1.82, 2.24) is 5.32 Å². The molecule has 1 aromatic carbocycles. The minimum absolute atomic E-state index is 0.591. The van der Waals surface area contributed by atoms with Crippen molar-refractivity contribution in [2.75, 3.05) is 13.7 Å². The Morgan fingerprint density at radius 1 is 1.12 bits per heavy atom. The lowest BCUT2D eigenvalue weighted by atomic mass is 9.85. The molecular weight excluding hydrogens is 210 g/mol. The van der Waals surface area contributed by atoms with E-state index in [-0.39, 0.29) is 0 Å². The molecule has 2 nitrogen and oxygen atoms in total. The molecule has 92 valence electrons. The molecule has 1 fully saturated rings. The van der Waals surface area contributed by atoms with Gasteiger partial charge in [0, 0.05) is 6.04 Å². The molecule has 1 aliphatic heterocycles. The molecule has 1 aromatic rings. The molecule has 1 heterocycles. The molecule has 17 heavy (non-hydrogen) atoms. The molecule has 1 N–H and O–H groups in total.